The van der Waals surface area contributed by atoms with Gasteiger partial charge in [-0.2, -0.15) is 26.3 Å². The first kappa shape index (κ1) is 46.7. The Morgan fingerprint density at radius 2 is 0.952 bits per heavy atom. The van der Waals surface area contributed by atoms with Gasteiger partial charge in [-0.25, -0.2) is 0 Å². The number of benzene rings is 6. The molecule has 2 unspecified atom stereocenters. The van der Waals surface area contributed by atoms with Crippen molar-refractivity contribution in [3.05, 3.63) is 196 Å². The first-order valence-corrected chi connectivity index (χ1v) is 21.1. The van der Waals surface area contributed by atoms with Crippen LogP contribution in [-0.4, -0.2) is 66.2 Å². The normalized spacial score (nSPS) is 17.2. The largest absolute Gasteiger partial charge is 0.489 e. The predicted molar refractivity (Wildman–Crippen MR) is 237 cm³/mol. The number of nitrogens with zero attached hydrogens (tertiary/aromatic N) is 2. The predicted octanol–water partition coefficient (Wildman–Crippen LogP) is 9.50. The molecule has 6 aromatic carbocycles. The number of rotatable bonds is 8. The minimum atomic E-state index is -4.56. The van der Waals surface area contributed by atoms with Crippen LogP contribution in [0.3, 0.4) is 0 Å². The number of hydrogen-bond acceptors (Lipinski definition) is 6. The molecule has 0 bridgehead atoms. The molecule has 62 heavy (non-hydrogen) atoms. The van der Waals surface area contributed by atoms with E-state index in [-0.39, 0.29) is 5.56 Å². The van der Waals surface area contributed by atoms with Crippen LogP contribution in [0.5, 0.6) is 0 Å². The fourth-order valence-electron chi connectivity index (χ4n) is 7.58. The van der Waals surface area contributed by atoms with Gasteiger partial charge in [0.2, 0.25) is 0 Å². The number of halogens is 7. The first-order valence-electron chi connectivity index (χ1n) is 20.3. The van der Waals surface area contributed by atoms with E-state index < -0.39 is 36.1 Å². The van der Waals surface area contributed by atoms with Crippen LogP contribution in [-0.2, 0) is 25.4 Å². The Hall–Kier alpha value is -4.80. The molecule has 2 heterocycles. The summed E-state index contributed by atoms with van der Waals surface area (Å²) in [6.07, 6.45) is -8.91. The Kier molecular flexibility index (Phi) is 16.6. The van der Waals surface area contributed by atoms with Crippen molar-refractivity contribution in [3.8, 4) is 11.1 Å². The zero-order valence-corrected chi connectivity index (χ0v) is 35.4. The second-order valence-electron chi connectivity index (χ2n) is 15.1. The van der Waals surface area contributed by atoms with Crippen molar-refractivity contribution < 1.29 is 36.4 Å². The molecule has 0 amide bonds. The molecule has 14 heteroatoms. The molecule has 2 fully saturated rings. The number of hydrogen-bond donors (Lipinski definition) is 4. The van der Waals surface area contributed by atoms with Gasteiger partial charge in [0.15, 0.2) is 0 Å². The van der Waals surface area contributed by atoms with E-state index in [1.165, 1.54) is 41.0 Å². The summed E-state index contributed by atoms with van der Waals surface area (Å²) >= 11 is 3.49. The molecule has 324 valence electrons. The monoisotopic (exact) mass is 916 g/mol. The summed E-state index contributed by atoms with van der Waals surface area (Å²) < 4.78 is 77.6. The molecule has 6 aromatic rings. The Morgan fingerprint density at radius 3 is 1.40 bits per heavy atom. The van der Waals surface area contributed by atoms with E-state index in [9.17, 15) is 26.3 Å². The van der Waals surface area contributed by atoms with E-state index in [0.717, 1.165) is 80.6 Å². The van der Waals surface area contributed by atoms with Crippen molar-refractivity contribution in [2.24, 2.45) is 0 Å². The van der Waals surface area contributed by atoms with Gasteiger partial charge < -0.3 is 20.7 Å². The van der Waals surface area contributed by atoms with E-state index in [4.69, 9.17) is 10.0 Å². The highest BCUT2D eigenvalue weighted by molar-refractivity contribution is 9.10. The number of nitrogens with one attached hydrogen (secondary N) is 2. The molecule has 4 N–H and O–H groups in total. The van der Waals surface area contributed by atoms with Crippen molar-refractivity contribution in [1.82, 2.24) is 20.4 Å². The summed E-state index contributed by atoms with van der Waals surface area (Å²) in [5, 5.41) is 24.4. The lowest BCUT2D eigenvalue weighted by molar-refractivity contribution is -0.137. The zero-order valence-electron chi connectivity index (χ0n) is 33.8. The smallest absolute Gasteiger partial charge is 0.423 e. The maximum absolute atomic E-state index is 13.3. The molecule has 2 aliphatic heterocycles. The van der Waals surface area contributed by atoms with Gasteiger partial charge in [-0.1, -0.05) is 155 Å². The summed E-state index contributed by atoms with van der Waals surface area (Å²) in [5.74, 6) is 0. The van der Waals surface area contributed by atoms with Crippen LogP contribution in [0, 0.1) is 0 Å². The van der Waals surface area contributed by atoms with Crippen molar-refractivity contribution in [3.63, 3.8) is 0 Å². The van der Waals surface area contributed by atoms with E-state index >= 15 is 0 Å². The third kappa shape index (κ3) is 13.6. The third-order valence-corrected chi connectivity index (χ3v) is 11.2. The highest BCUT2D eigenvalue weighted by Crippen LogP contribution is 2.37. The average Bonchev–Trinajstić information content (AvgIpc) is 3.28. The van der Waals surface area contributed by atoms with Crippen molar-refractivity contribution in [2.45, 2.75) is 37.5 Å². The topological polar surface area (TPSA) is 71.0 Å². The van der Waals surface area contributed by atoms with Gasteiger partial charge >= 0.3 is 19.5 Å². The summed E-state index contributed by atoms with van der Waals surface area (Å²) in [6.45, 7) is 7.81. The lowest BCUT2D eigenvalue weighted by Gasteiger charge is -2.34. The van der Waals surface area contributed by atoms with Crippen LogP contribution in [0.4, 0.5) is 26.3 Å². The van der Waals surface area contributed by atoms with Crippen LogP contribution in [0.2, 0.25) is 0 Å². The van der Waals surface area contributed by atoms with Gasteiger partial charge in [0.05, 0.1) is 11.1 Å². The molecule has 8 rings (SSSR count). The van der Waals surface area contributed by atoms with E-state index in [2.05, 4.69) is 103 Å². The van der Waals surface area contributed by atoms with Gasteiger partial charge in [0.1, 0.15) is 0 Å². The van der Waals surface area contributed by atoms with E-state index in [1.807, 2.05) is 30.3 Å². The number of alkyl halides is 6. The summed E-state index contributed by atoms with van der Waals surface area (Å²) in [5.41, 5.74) is 3.79. The second-order valence-corrected chi connectivity index (χ2v) is 16.0. The fourth-order valence-corrected chi connectivity index (χ4v) is 7.85. The van der Waals surface area contributed by atoms with E-state index in [0.29, 0.717) is 17.6 Å². The molecule has 6 nitrogen and oxygen atoms in total. The van der Waals surface area contributed by atoms with Gasteiger partial charge in [0.25, 0.3) is 0 Å². The van der Waals surface area contributed by atoms with Gasteiger partial charge in [-0.15, -0.1) is 0 Å². The number of piperazine rings is 2. The molecular weight excluding hydrogens is 869 g/mol. The molecule has 0 aromatic heterocycles. The molecule has 0 aliphatic carbocycles. The average molecular weight is 918 g/mol. The molecule has 0 spiro atoms. The van der Waals surface area contributed by atoms with Crippen LogP contribution < -0.4 is 16.1 Å². The van der Waals surface area contributed by atoms with Gasteiger partial charge in [-0.3, -0.25) is 9.80 Å². The summed E-state index contributed by atoms with van der Waals surface area (Å²) in [7, 11) is -2.10. The minimum Gasteiger partial charge on any atom is -0.423 e. The molecule has 2 aliphatic rings. The summed E-state index contributed by atoms with van der Waals surface area (Å²) in [4.78, 5) is 4.91. The fraction of sp³-hybridized carbons (Fsp3) is 0.250. The summed E-state index contributed by atoms with van der Waals surface area (Å²) in [6, 6.07) is 48.0. The first-order chi connectivity index (χ1) is 29.7. The Balaban J connectivity index is 0.000000168. The Labute approximate surface area is 367 Å². The lowest BCUT2D eigenvalue weighted by Crippen LogP contribution is -2.45. The van der Waals surface area contributed by atoms with Crippen LogP contribution in [0.1, 0.15) is 45.5 Å². The van der Waals surface area contributed by atoms with Crippen LogP contribution in [0.25, 0.3) is 11.1 Å². The molecule has 2 saturated heterocycles. The minimum absolute atomic E-state index is 0.220. The molecule has 0 radical (unpaired) electrons. The van der Waals surface area contributed by atoms with Crippen LogP contribution in [0.15, 0.2) is 162 Å². The van der Waals surface area contributed by atoms with Gasteiger partial charge in [0, 0.05) is 68.9 Å². The maximum Gasteiger partial charge on any atom is 0.489 e. The third-order valence-electron chi connectivity index (χ3n) is 10.7. The Bertz CT molecular complexity index is 2270. The molecule has 2 atom stereocenters. The van der Waals surface area contributed by atoms with Crippen molar-refractivity contribution in [2.75, 3.05) is 39.3 Å². The second kappa shape index (κ2) is 22.0. The van der Waals surface area contributed by atoms with E-state index in [1.54, 1.807) is 18.2 Å². The highest BCUT2D eigenvalue weighted by Gasteiger charge is 2.36. The highest BCUT2D eigenvalue weighted by atomic mass is 79.9. The van der Waals surface area contributed by atoms with Gasteiger partial charge in [-0.05, 0) is 57.0 Å². The quantitative estimate of drug-likeness (QED) is 0.0902. The Morgan fingerprint density at radius 1 is 0.532 bits per heavy atom. The standard InChI is InChI=1S/C24H23F3N2.C17H19BrN2.C7H6BF3O2/c25-24(26,27)22-9-5-4-8-21(22)19-12-10-18(11-13-19)16-29-15-14-28-23(17-29)20-6-2-1-3-7-20;18-16-8-6-14(7-9-16)12-20-11-10-19-17(13-20)15-4-2-1-3-5-15;9-7(10,11)5-3-1-2-4-6(5)8(12)13/h1-13,23,28H,14-17H2;1-9,17,19H,10-13H2;1-4,12-13H. The molecular formula is C48H48BBrF6N4O2. The van der Waals surface area contributed by atoms with Crippen molar-refractivity contribution in [1.29, 1.82) is 0 Å². The molecule has 0 saturated carbocycles. The zero-order chi connectivity index (χ0) is 44.1. The SMILES string of the molecule is Brc1ccc(CN2CCNC(c3ccccc3)C2)cc1.FC(F)(F)c1ccccc1-c1ccc(CN2CCNC(c3ccccc3)C2)cc1.OB(O)c1ccccc1C(F)(F)F. The van der Waals surface area contributed by atoms with Crippen molar-refractivity contribution >= 4 is 28.5 Å². The maximum atomic E-state index is 13.3. The lowest BCUT2D eigenvalue weighted by atomic mass is 9.77. The van der Waals surface area contributed by atoms with Crippen LogP contribution >= 0.6 is 15.9 Å².